The van der Waals surface area contributed by atoms with E-state index in [1.807, 2.05) is 19.1 Å². The fourth-order valence-electron chi connectivity index (χ4n) is 4.28. The number of rotatable bonds is 7. The van der Waals surface area contributed by atoms with Crippen molar-refractivity contribution in [2.75, 3.05) is 13.2 Å². The van der Waals surface area contributed by atoms with Crippen molar-refractivity contribution in [2.24, 2.45) is 5.92 Å². The summed E-state index contributed by atoms with van der Waals surface area (Å²) >= 11 is 0. The Labute approximate surface area is 177 Å². The lowest BCUT2D eigenvalue weighted by atomic mass is 9.73. The molecule has 30 heavy (non-hydrogen) atoms. The fraction of sp³-hybridized carbons (Fsp3) is 0.565. The summed E-state index contributed by atoms with van der Waals surface area (Å²) in [5.41, 5.74) is 0.693. The van der Waals surface area contributed by atoms with Crippen molar-refractivity contribution in [3.05, 3.63) is 35.4 Å². The van der Waals surface area contributed by atoms with Gasteiger partial charge in [0, 0.05) is 5.56 Å². The molecule has 1 N–H and O–H groups in total. The molecule has 2 fully saturated rings. The van der Waals surface area contributed by atoms with Crippen molar-refractivity contribution >= 4 is 23.7 Å². The van der Waals surface area contributed by atoms with Crippen LogP contribution < -0.4 is 5.32 Å². The molecule has 1 aromatic carbocycles. The zero-order valence-corrected chi connectivity index (χ0v) is 17.9. The lowest BCUT2D eigenvalue weighted by molar-refractivity contribution is -0.147. The molecule has 0 radical (unpaired) electrons. The van der Waals surface area contributed by atoms with Gasteiger partial charge in [0.05, 0.1) is 0 Å². The van der Waals surface area contributed by atoms with E-state index >= 15 is 0 Å². The first kappa shape index (κ1) is 22.0. The number of Topliss-reactive ketones (excluding diaryl/α,β-unsaturated/α-hetero) is 1. The maximum Gasteiger partial charge on any atom is 0.326 e. The van der Waals surface area contributed by atoms with Gasteiger partial charge in [-0.15, -0.1) is 0 Å². The molecule has 0 unspecified atom stereocenters. The number of benzene rings is 1. The Morgan fingerprint density at radius 3 is 2.57 bits per heavy atom. The summed E-state index contributed by atoms with van der Waals surface area (Å²) in [6, 6.07) is 6.69. The third-order valence-electron chi connectivity index (χ3n) is 6.57. The normalized spacial score (nSPS) is 24.6. The van der Waals surface area contributed by atoms with Crippen molar-refractivity contribution in [3.8, 4) is 0 Å². The van der Waals surface area contributed by atoms with Gasteiger partial charge in [-0.05, 0) is 36.7 Å². The van der Waals surface area contributed by atoms with Gasteiger partial charge in [-0.2, -0.15) is 0 Å². The predicted octanol–water partition coefficient (Wildman–Crippen LogP) is 3.43. The predicted molar refractivity (Wildman–Crippen MR) is 111 cm³/mol. The van der Waals surface area contributed by atoms with Gasteiger partial charge in [-0.3, -0.25) is 19.3 Å². The van der Waals surface area contributed by atoms with Crippen molar-refractivity contribution < 1.29 is 23.9 Å². The summed E-state index contributed by atoms with van der Waals surface area (Å²) in [6.07, 6.45) is 4.32. The molecule has 1 spiro atoms. The van der Waals surface area contributed by atoms with Crippen molar-refractivity contribution in [1.29, 1.82) is 0 Å². The molecule has 1 aliphatic heterocycles. The van der Waals surface area contributed by atoms with Gasteiger partial charge in [0.1, 0.15) is 12.1 Å². The summed E-state index contributed by atoms with van der Waals surface area (Å²) in [7, 11) is 0. The lowest BCUT2D eigenvalue weighted by Gasteiger charge is -2.36. The number of urea groups is 1. The van der Waals surface area contributed by atoms with Crippen LogP contribution in [0, 0.1) is 5.92 Å². The minimum atomic E-state index is -0.914. The van der Waals surface area contributed by atoms with E-state index in [1.165, 1.54) is 0 Å². The van der Waals surface area contributed by atoms with Crippen LogP contribution in [0.2, 0.25) is 0 Å². The van der Waals surface area contributed by atoms with E-state index < -0.39 is 30.7 Å². The highest BCUT2D eigenvalue weighted by molar-refractivity contribution is 6.09. The number of ether oxygens (including phenoxy) is 1. The largest absolute Gasteiger partial charge is 0.456 e. The molecular weight excluding hydrogens is 384 g/mol. The van der Waals surface area contributed by atoms with Crippen LogP contribution in [0.5, 0.6) is 0 Å². The lowest BCUT2D eigenvalue weighted by Crippen LogP contribution is -2.54. The second kappa shape index (κ2) is 8.98. The number of esters is 1. The first-order chi connectivity index (χ1) is 14.3. The average molecular weight is 415 g/mol. The molecule has 0 aromatic heterocycles. The summed E-state index contributed by atoms with van der Waals surface area (Å²) in [4.78, 5) is 50.6. The second-order valence-corrected chi connectivity index (χ2v) is 8.45. The molecule has 2 aliphatic rings. The highest BCUT2D eigenvalue weighted by Gasteiger charge is 2.55. The minimum Gasteiger partial charge on any atom is -0.456 e. The average Bonchev–Trinajstić information content (AvgIpc) is 2.98. The van der Waals surface area contributed by atoms with Crippen LogP contribution >= 0.6 is 0 Å². The van der Waals surface area contributed by atoms with Gasteiger partial charge < -0.3 is 10.1 Å². The Morgan fingerprint density at radius 2 is 1.93 bits per heavy atom. The van der Waals surface area contributed by atoms with E-state index in [1.54, 1.807) is 12.1 Å². The third kappa shape index (κ3) is 4.25. The molecule has 3 amide bonds. The molecule has 0 bridgehead atoms. The van der Waals surface area contributed by atoms with Crippen LogP contribution in [0.1, 0.15) is 74.7 Å². The number of ketones is 1. The standard InChI is InChI=1S/C23H30N2O5/c1-4-15(2)17-8-10-18(11-9-17)19(26)14-30-20(27)13-25-21(28)23(24-22(25)29)12-6-5-7-16(23)3/h8-11,15-16H,4-7,12-14H2,1-3H3,(H,24,29)/t15-,16-,23+/m0/s1. The molecule has 1 aromatic rings. The molecule has 7 heteroatoms. The maximum absolute atomic E-state index is 12.9. The monoisotopic (exact) mass is 414 g/mol. The van der Waals surface area contributed by atoms with Crippen LogP contribution in [-0.4, -0.2) is 47.3 Å². The Hall–Kier alpha value is -2.70. The van der Waals surface area contributed by atoms with Crippen LogP contribution in [0.15, 0.2) is 24.3 Å². The summed E-state index contributed by atoms with van der Waals surface area (Å²) in [5.74, 6) is -1.05. The SMILES string of the molecule is CC[C@H](C)c1ccc(C(=O)COC(=O)CN2C(=O)N[C@@]3(CCCC[C@@H]3C)C2=O)cc1. The highest BCUT2D eigenvalue weighted by atomic mass is 16.5. The summed E-state index contributed by atoms with van der Waals surface area (Å²) in [6.45, 7) is 5.26. The number of hydrogen-bond acceptors (Lipinski definition) is 5. The van der Waals surface area contributed by atoms with E-state index in [-0.39, 0.29) is 17.6 Å². The zero-order valence-electron chi connectivity index (χ0n) is 17.9. The Balaban J connectivity index is 1.55. The highest BCUT2D eigenvalue weighted by Crippen LogP contribution is 2.38. The number of hydrogen-bond donors (Lipinski definition) is 1. The molecule has 1 saturated heterocycles. The maximum atomic E-state index is 12.9. The first-order valence-electron chi connectivity index (χ1n) is 10.7. The molecule has 1 heterocycles. The fourth-order valence-corrected chi connectivity index (χ4v) is 4.28. The molecule has 1 saturated carbocycles. The van der Waals surface area contributed by atoms with Gasteiger partial charge in [0.25, 0.3) is 5.91 Å². The number of imide groups is 1. The Bertz CT molecular complexity index is 835. The van der Waals surface area contributed by atoms with Crippen LogP contribution in [-0.2, 0) is 14.3 Å². The molecule has 3 atom stereocenters. The number of nitrogens with one attached hydrogen (secondary N) is 1. The van der Waals surface area contributed by atoms with Crippen LogP contribution in [0.3, 0.4) is 0 Å². The number of nitrogens with zero attached hydrogens (tertiary/aromatic N) is 1. The number of carbonyl (C=O) groups excluding carboxylic acids is 4. The van der Waals surface area contributed by atoms with E-state index in [0.29, 0.717) is 17.9 Å². The van der Waals surface area contributed by atoms with Gasteiger partial charge in [0.2, 0.25) is 0 Å². The molecule has 3 rings (SSSR count). The Morgan fingerprint density at radius 1 is 1.23 bits per heavy atom. The summed E-state index contributed by atoms with van der Waals surface area (Å²) < 4.78 is 5.06. The van der Waals surface area contributed by atoms with E-state index in [0.717, 1.165) is 36.1 Å². The second-order valence-electron chi connectivity index (χ2n) is 8.45. The number of carbonyl (C=O) groups is 4. The van der Waals surface area contributed by atoms with Gasteiger partial charge in [0.15, 0.2) is 12.4 Å². The zero-order chi connectivity index (χ0) is 21.9. The number of amides is 3. The van der Waals surface area contributed by atoms with Gasteiger partial charge >= 0.3 is 12.0 Å². The van der Waals surface area contributed by atoms with Crippen LogP contribution in [0.25, 0.3) is 0 Å². The van der Waals surface area contributed by atoms with Crippen LogP contribution in [0.4, 0.5) is 4.79 Å². The van der Waals surface area contributed by atoms with Gasteiger partial charge in [-0.1, -0.05) is 57.9 Å². The molecular formula is C23H30N2O5. The third-order valence-corrected chi connectivity index (χ3v) is 6.57. The summed E-state index contributed by atoms with van der Waals surface area (Å²) in [5, 5.41) is 2.80. The van der Waals surface area contributed by atoms with Gasteiger partial charge in [-0.25, -0.2) is 4.79 Å². The molecule has 1 aliphatic carbocycles. The van der Waals surface area contributed by atoms with Crippen molar-refractivity contribution in [2.45, 2.75) is 64.3 Å². The topological polar surface area (TPSA) is 92.8 Å². The van der Waals surface area contributed by atoms with Crippen molar-refractivity contribution in [3.63, 3.8) is 0 Å². The smallest absolute Gasteiger partial charge is 0.326 e. The molecule has 7 nitrogen and oxygen atoms in total. The van der Waals surface area contributed by atoms with E-state index in [4.69, 9.17) is 4.74 Å². The minimum absolute atomic E-state index is 0.0173. The Kier molecular flexibility index (Phi) is 6.58. The van der Waals surface area contributed by atoms with E-state index in [9.17, 15) is 19.2 Å². The van der Waals surface area contributed by atoms with Crippen molar-refractivity contribution in [1.82, 2.24) is 10.2 Å². The first-order valence-corrected chi connectivity index (χ1v) is 10.7. The van der Waals surface area contributed by atoms with E-state index in [2.05, 4.69) is 19.2 Å². The molecule has 162 valence electrons. The quantitative estimate of drug-likeness (QED) is 0.419.